The molecule has 0 aliphatic carbocycles. The molecule has 2 N–H and O–H groups in total. The molecule has 0 aliphatic heterocycles. The highest BCUT2D eigenvalue weighted by Gasteiger charge is 2.20. The summed E-state index contributed by atoms with van der Waals surface area (Å²) in [5.74, 6) is -0.00269. The predicted molar refractivity (Wildman–Crippen MR) is 73.8 cm³/mol. The highest BCUT2D eigenvalue weighted by Crippen LogP contribution is 2.21. The van der Waals surface area contributed by atoms with Crippen LogP contribution in [0.4, 0.5) is 5.82 Å². The van der Waals surface area contributed by atoms with Gasteiger partial charge >= 0.3 is 5.97 Å². The van der Waals surface area contributed by atoms with Gasteiger partial charge in [0.2, 0.25) is 0 Å². The number of carbonyl (C=O) groups is 1. The van der Waals surface area contributed by atoms with Gasteiger partial charge in [0.25, 0.3) is 0 Å². The van der Waals surface area contributed by atoms with Crippen LogP contribution in [0.15, 0.2) is 22.8 Å². The van der Waals surface area contributed by atoms with Crippen LogP contribution in [0.25, 0.3) is 0 Å². The van der Waals surface area contributed by atoms with Gasteiger partial charge in [-0.05, 0) is 30.5 Å². The number of aromatic carboxylic acids is 1. The summed E-state index contributed by atoms with van der Waals surface area (Å²) in [5, 5.41) is 20.5. The molecule has 0 amide bonds. The number of hydrogen-bond acceptors (Lipinski definition) is 5. The van der Waals surface area contributed by atoms with Crippen LogP contribution in [0.5, 0.6) is 0 Å². The summed E-state index contributed by atoms with van der Waals surface area (Å²) in [5.41, 5.74) is 1.66. The van der Waals surface area contributed by atoms with Gasteiger partial charge in [0.05, 0.1) is 18.5 Å². The largest absolute Gasteiger partial charge is 0.478 e. The summed E-state index contributed by atoms with van der Waals surface area (Å²) in [4.78, 5) is 11.5. The predicted octanol–water partition coefficient (Wildman–Crippen LogP) is 2.50. The van der Waals surface area contributed by atoms with Crippen molar-refractivity contribution in [2.24, 2.45) is 0 Å². The van der Waals surface area contributed by atoms with E-state index in [1.807, 2.05) is 19.9 Å². The molecule has 106 valence electrons. The zero-order valence-electron chi connectivity index (χ0n) is 11.5. The molecule has 0 saturated carbocycles. The molecule has 0 unspecified atom stereocenters. The highest BCUT2D eigenvalue weighted by molar-refractivity contribution is 5.95. The molecule has 6 nitrogen and oxygen atoms in total. The Balaban J connectivity index is 2.34. The van der Waals surface area contributed by atoms with Gasteiger partial charge in [-0.1, -0.05) is 13.8 Å². The number of rotatable bonds is 6. The van der Waals surface area contributed by atoms with Crippen LogP contribution in [0.1, 0.15) is 41.2 Å². The normalized spacial score (nSPS) is 10.5. The number of furan rings is 1. The zero-order valence-corrected chi connectivity index (χ0v) is 11.5. The van der Waals surface area contributed by atoms with Crippen LogP contribution in [0, 0.1) is 0 Å². The third-order valence-corrected chi connectivity index (χ3v) is 3.07. The number of nitrogens with zero attached hydrogens (tertiary/aromatic N) is 2. The fourth-order valence-electron chi connectivity index (χ4n) is 2.11. The SMILES string of the molecule is CCc1nnc(NCc2ccco2)c(C(=O)O)c1CC. The number of anilines is 1. The maximum atomic E-state index is 11.5. The van der Waals surface area contributed by atoms with Gasteiger partial charge in [-0.15, -0.1) is 5.10 Å². The highest BCUT2D eigenvalue weighted by atomic mass is 16.4. The van der Waals surface area contributed by atoms with Gasteiger partial charge in [-0.2, -0.15) is 5.10 Å². The number of carboxylic acid groups (broad SMARTS) is 1. The third-order valence-electron chi connectivity index (χ3n) is 3.07. The van der Waals surface area contributed by atoms with Crippen molar-refractivity contribution in [2.75, 3.05) is 5.32 Å². The lowest BCUT2D eigenvalue weighted by Crippen LogP contribution is -2.15. The van der Waals surface area contributed by atoms with Gasteiger partial charge in [0.1, 0.15) is 11.3 Å². The van der Waals surface area contributed by atoms with Crippen LogP contribution < -0.4 is 5.32 Å². The number of aromatic nitrogens is 2. The van der Waals surface area contributed by atoms with Gasteiger partial charge in [-0.25, -0.2) is 4.79 Å². The van der Waals surface area contributed by atoms with E-state index in [1.54, 1.807) is 12.3 Å². The fourth-order valence-corrected chi connectivity index (χ4v) is 2.11. The quantitative estimate of drug-likeness (QED) is 0.842. The smallest absolute Gasteiger partial charge is 0.339 e. The van der Waals surface area contributed by atoms with Crippen LogP contribution in [0.3, 0.4) is 0 Å². The van der Waals surface area contributed by atoms with E-state index in [1.165, 1.54) is 0 Å². The number of carboxylic acids is 1. The van der Waals surface area contributed by atoms with Gasteiger partial charge < -0.3 is 14.8 Å². The monoisotopic (exact) mass is 275 g/mol. The molecular formula is C14H17N3O3. The first-order valence-electron chi connectivity index (χ1n) is 6.55. The Kier molecular flexibility index (Phi) is 4.34. The third kappa shape index (κ3) is 2.79. The van der Waals surface area contributed by atoms with E-state index in [-0.39, 0.29) is 11.4 Å². The maximum Gasteiger partial charge on any atom is 0.339 e. The minimum Gasteiger partial charge on any atom is -0.478 e. The molecule has 6 heteroatoms. The van der Waals surface area contributed by atoms with E-state index in [2.05, 4.69) is 15.5 Å². The molecule has 0 aromatic carbocycles. The first-order valence-corrected chi connectivity index (χ1v) is 6.55. The van der Waals surface area contributed by atoms with Crippen molar-refractivity contribution in [1.82, 2.24) is 10.2 Å². The Bertz CT molecular complexity index is 594. The summed E-state index contributed by atoms with van der Waals surface area (Å²) >= 11 is 0. The number of nitrogens with one attached hydrogen (secondary N) is 1. The Hall–Kier alpha value is -2.37. The fraction of sp³-hybridized carbons (Fsp3) is 0.357. The van der Waals surface area contributed by atoms with E-state index >= 15 is 0 Å². The lowest BCUT2D eigenvalue weighted by molar-refractivity contribution is 0.0696. The second-order valence-electron chi connectivity index (χ2n) is 4.29. The molecule has 2 aromatic heterocycles. The van der Waals surface area contributed by atoms with Crippen molar-refractivity contribution in [1.29, 1.82) is 0 Å². The second-order valence-corrected chi connectivity index (χ2v) is 4.29. The minimum absolute atomic E-state index is 0.200. The molecule has 0 bridgehead atoms. The van der Waals surface area contributed by atoms with Crippen LogP contribution >= 0.6 is 0 Å². The van der Waals surface area contributed by atoms with E-state index in [0.29, 0.717) is 25.1 Å². The molecule has 0 atom stereocenters. The van der Waals surface area contributed by atoms with Crippen LogP contribution in [-0.4, -0.2) is 21.3 Å². The molecule has 0 fully saturated rings. The summed E-state index contributed by atoms with van der Waals surface area (Å²) in [7, 11) is 0. The van der Waals surface area contributed by atoms with Crippen LogP contribution in [-0.2, 0) is 19.4 Å². The Labute approximate surface area is 116 Å². The lowest BCUT2D eigenvalue weighted by Gasteiger charge is -2.13. The van der Waals surface area contributed by atoms with Crippen molar-refractivity contribution < 1.29 is 14.3 Å². The topological polar surface area (TPSA) is 88.3 Å². The Morgan fingerprint density at radius 1 is 1.35 bits per heavy atom. The Morgan fingerprint density at radius 2 is 2.15 bits per heavy atom. The average molecular weight is 275 g/mol. The van der Waals surface area contributed by atoms with Crippen molar-refractivity contribution in [3.05, 3.63) is 41.0 Å². The van der Waals surface area contributed by atoms with Gasteiger partial charge in [0, 0.05) is 0 Å². The van der Waals surface area contributed by atoms with E-state index in [4.69, 9.17) is 4.42 Å². The van der Waals surface area contributed by atoms with Crippen molar-refractivity contribution >= 4 is 11.8 Å². The molecule has 0 saturated heterocycles. The van der Waals surface area contributed by atoms with Crippen LogP contribution in [0.2, 0.25) is 0 Å². The Morgan fingerprint density at radius 3 is 2.70 bits per heavy atom. The zero-order chi connectivity index (χ0) is 14.5. The van der Waals surface area contributed by atoms with E-state index in [9.17, 15) is 9.90 Å². The van der Waals surface area contributed by atoms with Gasteiger partial charge in [0.15, 0.2) is 5.82 Å². The summed E-state index contributed by atoms with van der Waals surface area (Å²) in [6, 6.07) is 3.58. The first kappa shape index (κ1) is 14.0. The maximum absolute atomic E-state index is 11.5. The first-order chi connectivity index (χ1) is 9.67. The minimum atomic E-state index is -0.992. The van der Waals surface area contributed by atoms with E-state index in [0.717, 1.165) is 11.3 Å². The summed E-state index contributed by atoms with van der Waals surface area (Å²) in [6.45, 7) is 4.22. The second kappa shape index (κ2) is 6.18. The molecule has 2 rings (SSSR count). The average Bonchev–Trinajstić information content (AvgIpc) is 2.96. The molecule has 0 radical (unpaired) electrons. The molecule has 0 spiro atoms. The van der Waals surface area contributed by atoms with Gasteiger partial charge in [-0.3, -0.25) is 0 Å². The van der Waals surface area contributed by atoms with E-state index < -0.39 is 5.97 Å². The standard InChI is InChI=1S/C14H17N3O3/c1-3-10-11(4-2)16-17-13(12(10)14(18)19)15-8-9-6-5-7-20-9/h5-7H,3-4,8H2,1-2H3,(H,15,17)(H,18,19). The molecular weight excluding hydrogens is 258 g/mol. The van der Waals surface area contributed by atoms with Crippen molar-refractivity contribution in [3.8, 4) is 0 Å². The molecule has 2 aromatic rings. The molecule has 2 heterocycles. The number of aryl methyl sites for hydroxylation is 1. The number of hydrogen-bond donors (Lipinski definition) is 2. The van der Waals surface area contributed by atoms with Crippen molar-refractivity contribution in [2.45, 2.75) is 33.2 Å². The van der Waals surface area contributed by atoms with Crippen molar-refractivity contribution in [3.63, 3.8) is 0 Å². The molecule has 0 aliphatic rings. The lowest BCUT2D eigenvalue weighted by atomic mass is 10.0. The summed E-state index contributed by atoms with van der Waals surface area (Å²) < 4.78 is 5.20. The molecule has 20 heavy (non-hydrogen) atoms. The summed E-state index contributed by atoms with van der Waals surface area (Å²) in [6.07, 6.45) is 2.84.